The van der Waals surface area contributed by atoms with Crippen LogP contribution in [0.4, 0.5) is 4.39 Å². The maximum atomic E-state index is 13.0. The quantitative estimate of drug-likeness (QED) is 0.497. The van der Waals surface area contributed by atoms with Crippen LogP contribution in [-0.4, -0.2) is 19.3 Å². The van der Waals surface area contributed by atoms with E-state index >= 15 is 0 Å². The van der Waals surface area contributed by atoms with E-state index in [0.717, 1.165) is 0 Å². The highest BCUT2D eigenvalue weighted by Crippen LogP contribution is 2.26. The number of hydrogen-bond donors (Lipinski definition) is 0. The first-order valence-electron chi connectivity index (χ1n) is 3.03. The molecule has 1 aliphatic heterocycles. The Morgan fingerprint density at radius 3 is 2.67 bits per heavy atom. The van der Waals surface area contributed by atoms with E-state index in [9.17, 15) is 4.39 Å². The molecule has 1 saturated heterocycles. The lowest BCUT2D eigenvalue weighted by molar-refractivity contribution is -0.270. The fraction of sp³-hybridized carbons (Fsp3) is 1.00. The van der Waals surface area contributed by atoms with E-state index in [4.69, 9.17) is 4.74 Å². The van der Waals surface area contributed by atoms with Gasteiger partial charge in [0.05, 0.1) is 6.61 Å². The van der Waals surface area contributed by atoms with Crippen LogP contribution >= 0.6 is 0 Å². The van der Waals surface area contributed by atoms with Gasteiger partial charge in [0.2, 0.25) is 5.85 Å². The number of rotatable bonds is 0. The number of alkyl halides is 1. The molecule has 1 heterocycles. The maximum absolute atomic E-state index is 13.0. The van der Waals surface area contributed by atoms with Gasteiger partial charge < -0.3 is 9.47 Å². The lowest BCUT2D eigenvalue weighted by atomic mass is 10.1. The predicted molar refractivity (Wildman–Crippen MR) is 30.6 cm³/mol. The Hall–Kier alpha value is -0.150. The molecule has 2 nitrogen and oxygen atoms in total. The summed E-state index contributed by atoms with van der Waals surface area (Å²) in [6.07, 6.45) is 0. The zero-order valence-electron chi connectivity index (χ0n) is 5.69. The van der Waals surface area contributed by atoms with Crippen molar-refractivity contribution in [1.29, 1.82) is 0 Å². The molecule has 0 aromatic heterocycles. The van der Waals surface area contributed by atoms with Crippen molar-refractivity contribution in [2.45, 2.75) is 19.7 Å². The van der Waals surface area contributed by atoms with Crippen molar-refractivity contribution in [3.8, 4) is 0 Å². The molecule has 0 aliphatic carbocycles. The molecule has 2 unspecified atom stereocenters. The molecule has 1 aliphatic rings. The Balaban J connectivity index is 2.49. The zero-order valence-corrected chi connectivity index (χ0v) is 5.69. The Morgan fingerprint density at radius 1 is 1.67 bits per heavy atom. The Morgan fingerprint density at radius 2 is 2.33 bits per heavy atom. The minimum Gasteiger partial charge on any atom is -0.355 e. The Bertz CT molecular complexity index is 103. The molecule has 3 heteroatoms. The van der Waals surface area contributed by atoms with Crippen molar-refractivity contribution in [1.82, 2.24) is 0 Å². The molecular weight excluding hydrogens is 123 g/mol. The highest BCUT2D eigenvalue weighted by Gasteiger charge is 2.35. The summed E-state index contributed by atoms with van der Waals surface area (Å²) in [6, 6.07) is 0. The SMILES string of the molecule is CC1COCOC1(C)F. The minimum atomic E-state index is -1.49. The van der Waals surface area contributed by atoms with E-state index in [2.05, 4.69) is 4.74 Å². The van der Waals surface area contributed by atoms with Gasteiger partial charge in [-0.25, -0.2) is 4.39 Å². The van der Waals surface area contributed by atoms with Crippen LogP contribution in [0.5, 0.6) is 0 Å². The van der Waals surface area contributed by atoms with Crippen molar-refractivity contribution >= 4 is 0 Å². The van der Waals surface area contributed by atoms with Crippen LogP contribution in [0.1, 0.15) is 13.8 Å². The third-order valence-corrected chi connectivity index (χ3v) is 1.67. The summed E-state index contributed by atoms with van der Waals surface area (Å²) in [4.78, 5) is 0. The third-order valence-electron chi connectivity index (χ3n) is 1.67. The smallest absolute Gasteiger partial charge is 0.213 e. The molecule has 1 fully saturated rings. The molecule has 0 saturated carbocycles. The highest BCUT2D eigenvalue weighted by atomic mass is 19.2. The first kappa shape index (κ1) is 6.96. The van der Waals surface area contributed by atoms with Gasteiger partial charge in [-0.15, -0.1) is 0 Å². The fourth-order valence-electron chi connectivity index (χ4n) is 0.673. The summed E-state index contributed by atoms with van der Waals surface area (Å²) in [7, 11) is 0. The summed E-state index contributed by atoms with van der Waals surface area (Å²) in [6.45, 7) is 3.73. The molecular formula is C6H11FO2. The molecule has 9 heavy (non-hydrogen) atoms. The molecule has 0 spiro atoms. The van der Waals surface area contributed by atoms with Crippen LogP contribution in [0.3, 0.4) is 0 Å². The summed E-state index contributed by atoms with van der Waals surface area (Å²) in [5.74, 6) is -1.65. The monoisotopic (exact) mass is 134 g/mol. The van der Waals surface area contributed by atoms with Crippen molar-refractivity contribution in [3.63, 3.8) is 0 Å². The van der Waals surface area contributed by atoms with E-state index in [1.54, 1.807) is 6.92 Å². The van der Waals surface area contributed by atoms with Gasteiger partial charge >= 0.3 is 0 Å². The molecule has 0 amide bonds. The Labute approximate surface area is 54.0 Å². The van der Waals surface area contributed by atoms with Gasteiger partial charge in [0.25, 0.3) is 0 Å². The standard InChI is InChI=1S/C6H11FO2/c1-5-3-8-4-9-6(5,2)7/h5H,3-4H2,1-2H3. The van der Waals surface area contributed by atoms with E-state index in [1.807, 2.05) is 0 Å². The third kappa shape index (κ3) is 1.40. The summed E-state index contributed by atoms with van der Waals surface area (Å²) in [5.41, 5.74) is 0. The van der Waals surface area contributed by atoms with E-state index in [-0.39, 0.29) is 12.7 Å². The van der Waals surface area contributed by atoms with E-state index < -0.39 is 5.85 Å². The van der Waals surface area contributed by atoms with Gasteiger partial charge in [-0.05, 0) is 6.92 Å². The molecule has 0 radical (unpaired) electrons. The highest BCUT2D eigenvalue weighted by molar-refractivity contribution is 4.70. The van der Waals surface area contributed by atoms with Gasteiger partial charge in [0, 0.05) is 5.92 Å². The molecule has 2 atom stereocenters. The second-order valence-electron chi connectivity index (χ2n) is 2.52. The van der Waals surface area contributed by atoms with Gasteiger partial charge in [0.1, 0.15) is 0 Å². The molecule has 0 N–H and O–H groups in total. The van der Waals surface area contributed by atoms with Crippen molar-refractivity contribution in [2.24, 2.45) is 5.92 Å². The molecule has 0 aromatic rings. The first-order chi connectivity index (χ1) is 4.13. The first-order valence-corrected chi connectivity index (χ1v) is 3.03. The Kier molecular flexibility index (Phi) is 1.73. The summed E-state index contributed by atoms with van der Waals surface area (Å²) in [5, 5.41) is 0. The average molecular weight is 134 g/mol. The number of ether oxygens (including phenoxy) is 2. The van der Waals surface area contributed by atoms with E-state index in [0.29, 0.717) is 6.61 Å². The van der Waals surface area contributed by atoms with Crippen molar-refractivity contribution in [3.05, 3.63) is 0 Å². The van der Waals surface area contributed by atoms with Gasteiger partial charge in [0.15, 0.2) is 6.79 Å². The minimum absolute atomic E-state index is 0.0807. The second kappa shape index (κ2) is 2.23. The lowest BCUT2D eigenvalue weighted by Crippen LogP contribution is -2.39. The van der Waals surface area contributed by atoms with Crippen LogP contribution < -0.4 is 0 Å². The van der Waals surface area contributed by atoms with Crippen LogP contribution in [-0.2, 0) is 9.47 Å². The van der Waals surface area contributed by atoms with Crippen LogP contribution in [0, 0.1) is 5.92 Å². The van der Waals surface area contributed by atoms with Crippen LogP contribution in [0.15, 0.2) is 0 Å². The largest absolute Gasteiger partial charge is 0.355 e. The summed E-state index contributed by atoms with van der Waals surface area (Å²) >= 11 is 0. The number of halogens is 1. The van der Waals surface area contributed by atoms with Crippen molar-refractivity contribution in [2.75, 3.05) is 13.4 Å². The predicted octanol–water partition coefficient (Wildman–Crippen LogP) is 1.31. The number of hydrogen-bond acceptors (Lipinski definition) is 2. The average Bonchev–Trinajstić information content (AvgIpc) is 1.77. The molecule has 0 bridgehead atoms. The van der Waals surface area contributed by atoms with Gasteiger partial charge in [-0.2, -0.15) is 0 Å². The summed E-state index contributed by atoms with van der Waals surface area (Å²) < 4.78 is 22.5. The fourth-order valence-corrected chi connectivity index (χ4v) is 0.673. The van der Waals surface area contributed by atoms with E-state index in [1.165, 1.54) is 6.92 Å². The topological polar surface area (TPSA) is 18.5 Å². The molecule has 1 rings (SSSR count). The van der Waals surface area contributed by atoms with Crippen molar-refractivity contribution < 1.29 is 13.9 Å². The zero-order chi connectivity index (χ0) is 6.91. The second-order valence-corrected chi connectivity index (χ2v) is 2.52. The van der Waals surface area contributed by atoms with Gasteiger partial charge in [-0.1, -0.05) is 6.92 Å². The lowest BCUT2D eigenvalue weighted by Gasteiger charge is -2.31. The molecule has 0 aromatic carbocycles. The maximum Gasteiger partial charge on any atom is 0.213 e. The van der Waals surface area contributed by atoms with Crippen LogP contribution in [0.25, 0.3) is 0 Å². The van der Waals surface area contributed by atoms with Crippen LogP contribution in [0.2, 0.25) is 0 Å². The van der Waals surface area contributed by atoms with Gasteiger partial charge in [-0.3, -0.25) is 0 Å². The molecule has 54 valence electrons. The normalized spacial score (nSPS) is 45.0.